The molecule has 1 aromatic carbocycles. The van der Waals surface area contributed by atoms with E-state index < -0.39 is 23.3 Å². The van der Waals surface area contributed by atoms with Crippen LogP contribution in [0.15, 0.2) is 22.7 Å². The Balaban J connectivity index is 2.47. The molecule has 0 unspecified atom stereocenters. The van der Waals surface area contributed by atoms with Gasteiger partial charge in [-0.1, -0.05) is 15.9 Å². The third-order valence-electron chi connectivity index (χ3n) is 3.17. The van der Waals surface area contributed by atoms with Crippen molar-refractivity contribution >= 4 is 39.4 Å². The van der Waals surface area contributed by atoms with Crippen molar-refractivity contribution in [1.82, 2.24) is 5.32 Å². The first kappa shape index (κ1) is 15.5. The predicted octanol–water partition coefficient (Wildman–Crippen LogP) is 1.38. The lowest BCUT2D eigenvalue weighted by molar-refractivity contribution is -0.157. The molecule has 2 N–H and O–H groups in total. The lowest BCUT2D eigenvalue weighted by atomic mass is 9.85. The number of halogens is 1. The maximum Gasteiger partial charge on any atom is 0.342 e. The average Bonchev–Trinajstić information content (AvgIpc) is 2.39. The van der Waals surface area contributed by atoms with Crippen LogP contribution in [0.25, 0.3) is 0 Å². The van der Waals surface area contributed by atoms with Crippen LogP contribution in [0.5, 0.6) is 0 Å². The monoisotopic (exact) mass is 354 g/mol. The van der Waals surface area contributed by atoms with Gasteiger partial charge in [0, 0.05) is 23.5 Å². The number of hydrogen-bond donors (Lipinski definition) is 2. The molecule has 0 fully saturated rings. The van der Waals surface area contributed by atoms with Gasteiger partial charge in [0.1, 0.15) is 0 Å². The van der Waals surface area contributed by atoms with Crippen LogP contribution in [0.4, 0.5) is 5.69 Å². The Morgan fingerprint density at radius 1 is 1.48 bits per heavy atom. The summed E-state index contributed by atoms with van der Waals surface area (Å²) in [5.74, 6) is -1.83. The van der Waals surface area contributed by atoms with E-state index in [2.05, 4.69) is 26.6 Å². The fraction of sp³-hybridized carbons (Fsp3) is 0.357. The Morgan fingerprint density at radius 3 is 2.81 bits per heavy atom. The minimum atomic E-state index is -1.73. The topological polar surface area (TPSA) is 84.5 Å². The van der Waals surface area contributed by atoms with Crippen LogP contribution in [-0.2, 0) is 25.5 Å². The lowest BCUT2D eigenvalue weighted by Crippen LogP contribution is -2.65. The van der Waals surface area contributed by atoms with Crippen molar-refractivity contribution < 1.29 is 19.1 Å². The Morgan fingerprint density at radius 2 is 2.19 bits per heavy atom. The summed E-state index contributed by atoms with van der Waals surface area (Å²) in [6.07, 6.45) is 0.0476. The molecular formula is C14H15BrN2O4. The molecule has 0 saturated carbocycles. The second-order valence-corrected chi connectivity index (χ2v) is 5.66. The van der Waals surface area contributed by atoms with Crippen molar-refractivity contribution in [3.63, 3.8) is 0 Å². The lowest BCUT2D eigenvalue weighted by Gasteiger charge is -2.35. The molecule has 1 aliphatic rings. The molecule has 21 heavy (non-hydrogen) atoms. The van der Waals surface area contributed by atoms with Crippen molar-refractivity contribution in [3.8, 4) is 0 Å². The number of anilines is 1. The van der Waals surface area contributed by atoms with Crippen molar-refractivity contribution in [2.24, 2.45) is 0 Å². The highest BCUT2D eigenvalue weighted by Crippen LogP contribution is 2.31. The number of esters is 1. The van der Waals surface area contributed by atoms with Crippen molar-refractivity contribution in [2.75, 3.05) is 11.9 Å². The van der Waals surface area contributed by atoms with Gasteiger partial charge in [-0.25, -0.2) is 4.79 Å². The SMILES string of the molecule is CCOC(=O)[C@@]1(NC(C)=O)Cc2cc(Br)ccc2NC1=O. The molecule has 0 radical (unpaired) electrons. The predicted molar refractivity (Wildman–Crippen MR) is 79.7 cm³/mol. The van der Waals surface area contributed by atoms with Gasteiger partial charge >= 0.3 is 5.97 Å². The van der Waals surface area contributed by atoms with Crippen LogP contribution < -0.4 is 10.6 Å². The molecular weight excluding hydrogens is 340 g/mol. The zero-order valence-corrected chi connectivity index (χ0v) is 13.2. The number of nitrogens with one attached hydrogen (secondary N) is 2. The third-order valence-corrected chi connectivity index (χ3v) is 3.67. The zero-order valence-electron chi connectivity index (χ0n) is 11.7. The maximum absolute atomic E-state index is 12.4. The molecule has 7 heteroatoms. The Hall–Kier alpha value is -1.89. The number of ether oxygens (including phenoxy) is 1. The van der Waals surface area contributed by atoms with Crippen LogP contribution in [0, 0.1) is 0 Å². The van der Waals surface area contributed by atoms with Crippen LogP contribution >= 0.6 is 15.9 Å². The van der Waals surface area contributed by atoms with Gasteiger partial charge < -0.3 is 15.4 Å². The molecule has 0 aliphatic carbocycles. The quantitative estimate of drug-likeness (QED) is 0.634. The minimum absolute atomic E-state index is 0.0476. The second kappa shape index (κ2) is 5.85. The van der Waals surface area contributed by atoms with Gasteiger partial charge in [0.05, 0.1) is 6.61 Å². The van der Waals surface area contributed by atoms with Crippen molar-refractivity contribution in [1.29, 1.82) is 0 Å². The maximum atomic E-state index is 12.4. The van der Waals surface area contributed by atoms with E-state index in [1.165, 1.54) is 6.92 Å². The van der Waals surface area contributed by atoms with Gasteiger partial charge in [-0.3, -0.25) is 9.59 Å². The van der Waals surface area contributed by atoms with E-state index in [0.717, 1.165) is 10.0 Å². The molecule has 2 rings (SSSR count). The van der Waals surface area contributed by atoms with E-state index >= 15 is 0 Å². The van der Waals surface area contributed by atoms with Gasteiger partial charge in [0.2, 0.25) is 11.4 Å². The van der Waals surface area contributed by atoms with Gasteiger partial charge in [-0.2, -0.15) is 0 Å². The molecule has 6 nitrogen and oxygen atoms in total. The number of carbonyl (C=O) groups excluding carboxylic acids is 3. The van der Waals surface area contributed by atoms with Gasteiger partial charge in [-0.15, -0.1) is 0 Å². The molecule has 0 spiro atoms. The molecule has 0 aromatic heterocycles. The van der Waals surface area contributed by atoms with Crippen LogP contribution in [0.1, 0.15) is 19.4 Å². The van der Waals surface area contributed by atoms with Crippen molar-refractivity contribution in [3.05, 3.63) is 28.2 Å². The number of fused-ring (bicyclic) bond motifs is 1. The number of carbonyl (C=O) groups is 3. The molecule has 1 atom stereocenters. The Bertz CT molecular complexity index is 617. The summed E-state index contributed by atoms with van der Waals surface area (Å²) in [6, 6.07) is 5.32. The molecule has 1 aliphatic heterocycles. The fourth-order valence-electron chi connectivity index (χ4n) is 2.30. The first-order valence-corrected chi connectivity index (χ1v) is 7.24. The number of benzene rings is 1. The van der Waals surface area contributed by atoms with Crippen LogP contribution in [0.2, 0.25) is 0 Å². The summed E-state index contributed by atoms with van der Waals surface area (Å²) >= 11 is 3.35. The zero-order chi connectivity index (χ0) is 15.6. The summed E-state index contributed by atoms with van der Waals surface area (Å²) in [4.78, 5) is 36.1. The van der Waals surface area contributed by atoms with E-state index in [0.29, 0.717) is 5.69 Å². The molecule has 1 aromatic rings. The third kappa shape index (κ3) is 2.92. The number of rotatable bonds is 3. The normalized spacial score (nSPS) is 20.2. The second-order valence-electron chi connectivity index (χ2n) is 4.74. The summed E-state index contributed by atoms with van der Waals surface area (Å²) in [7, 11) is 0. The Kier molecular flexibility index (Phi) is 4.32. The molecule has 0 saturated heterocycles. The smallest absolute Gasteiger partial charge is 0.342 e. The highest BCUT2D eigenvalue weighted by atomic mass is 79.9. The van der Waals surface area contributed by atoms with Gasteiger partial charge in [0.15, 0.2) is 0 Å². The molecule has 1 heterocycles. The van der Waals surface area contributed by atoms with Crippen molar-refractivity contribution in [2.45, 2.75) is 25.8 Å². The van der Waals surface area contributed by atoms with Crippen LogP contribution in [-0.4, -0.2) is 29.9 Å². The molecule has 112 valence electrons. The van der Waals surface area contributed by atoms with E-state index in [4.69, 9.17) is 4.74 Å². The summed E-state index contributed by atoms with van der Waals surface area (Å²) in [5, 5.41) is 5.10. The van der Waals surface area contributed by atoms with Gasteiger partial charge in [-0.05, 0) is 30.7 Å². The van der Waals surface area contributed by atoms with Crippen LogP contribution in [0.3, 0.4) is 0 Å². The fourth-order valence-corrected chi connectivity index (χ4v) is 2.71. The summed E-state index contributed by atoms with van der Waals surface area (Å²) < 4.78 is 5.79. The van der Waals surface area contributed by atoms with E-state index in [1.807, 2.05) is 0 Å². The van der Waals surface area contributed by atoms with E-state index in [-0.39, 0.29) is 13.0 Å². The molecule has 0 bridgehead atoms. The Labute approximate surface area is 130 Å². The van der Waals surface area contributed by atoms with E-state index in [1.54, 1.807) is 25.1 Å². The number of amides is 2. The highest BCUT2D eigenvalue weighted by Gasteiger charge is 2.51. The first-order chi connectivity index (χ1) is 9.89. The average molecular weight is 355 g/mol. The molecule has 2 amide bonds. The standard InChI is InChI=1S/C14H15BrN2O4/c1-3-21-13(20)14(17-8(2)18)7-9-6-10(15)4-5-11(9)16-12(14)19/h4-6H,3,7H2,1-2H3,(H,16,19)(H,17,18)/t14-/m1/s1. The number of hydrogen-bond acceptors (Lipinski definition) is 4. The van der Waals surface area contributed by atoms with E-state index in [9.17, 15) is 14.4 Å². The largest absolute Gasteiger partial charge is 0.464 e. The summed E-state index contributed by atoms with van der Waals surface area (Å²) in [6.45, 7) is 3.02. The first-order valence-electron chi connectivity index (χ1n) is 6.45. The minimum Gasteiger partial charge on any atom is -0.464 e. The summed E-state index contributed by atoms with van der Waals surface area (Å²) in [5.41, 5.74) is -0.366. The van der Waals surface area contributed by atoms with Gasteiger partial charge in [0.25, 0.3) is 5.91 Å². The highest BCUT2D eigenvalue weighted by molar-refractivity contribution is 9.10.